The van der Waals surface area contributed by atoms with E-state index >= 15 is 0 Å². The van der Waals surface area contributed by atoms with E-state index in [1.54, 1.807) is 0 Å². The first kappa shape index (κ1) is 13.9. The van der Waals surface area contributed by atoms with Gasteiger partial charge in [-0.2, -0.15) is 5.26 Å². The van der Waals surface area contributed by atoms with E-state index in [0.717, 1.165) is 11.3 Å². The van der Waals surface area contributed by atoms with Gasteiger partial charge in [0.2, 0.25) is 0 Å². The molecule has 0 radical (unpaired) electrons. The maximum absolute atomic E-state index is 13.4. The molecule has 0 amide bonds. The molecule has 3 rings (SSSR count). The van der Waals surface area contributed by atoms with Crippen molar-refractivity contribution in [2.45, 2.75) is 12.8 Å². The van der Waals surface area contributed by atoms with E-state index in [1.165, 1.54) is 18.2 Å². The van der Waals surface area contributed by atoms with Crippen LogP contribution in [0.5, 0.6) is 5.75 Å². The first-order chi connectivity index (χ1) is 10.1. The Hall–Kier alpha value is -2.05. The molecule has 0 fully saturated rings. The quantitative estimate of drug-likeness (QED) is 0.834. The number of benzene rings is 2. The zero-order valence-corrected chi connectivity index (χ0v) is 12.0. The van der Waals surface area contributed by atoms with Crippen molar-refractivity contribution in [3.05, 3.63) is 64.4 Å². The molecule has 1 unspecified atom stereocenters. The van der Waals surface area contributed by atoms with Gasteiger partial charge in [0.1, 0.15) is 18.2 Å². The molecule has 1 aliphatic heterocycles. The Morgan fingerprint density at radius 1 is 1.29 bits per heavy atom. The SMILES string of the molecule is N#CC1(Cc2cc(F)ccc2Cl)COc2ccccc2C1. The number of hydrogen-bond acceptors (Lipinski definition) is 2. The van der Waals surface area contributed by atoms with Crippen molar-refractivity contribution in [2.24, 2.45) is 5.41 Å². The number of para-hydroxylation sites is 1. The highest BCUT2D eigenvalue weighted by Crippen LogP contribution is 2.37. The first-order valence-electron chi connectivity index (χ1n) is 6.68. The average Bonchev–Trinajstić information content (AvgIpc) is 2.51. The molecule has 1 heterocycles. The second kappa shape index (κ2) is 5.38. The summed E-state index contributed by atoms with van der Waals surface area (Å²) < 4.78 is 19.1. The van der Waals surface area contributed by atoms with E-state index in [9.17, 15) is 9.65 Å². The Bertz CT molecular complexity index is 725. The van der Waals surface area contributed by atoms with Gasteiger partial charge in [0.25, 0.3) is 0 Å². The van der Waals surface area contributed by atoms with E-state index in [1.807, 2.05) is 24.3 Å². The highest BCUT2D eigenvalue weighted by molar-refractivity contribution is 6.31. The molecule has 2 aromatic rings. The lowest BCUT2D eigenvalue weighted by atomic mass is 9.77. The number of halogens is 2. The third kappa shape index (κ3) is 2.72. The minimum absolute atomic E-state index is 0.285. The highest BCUT2D eigenvalue weighted by atomic mass is 35.5. The third-order valence-electron chi connectivity index (χ3n) is 3.78. The fourth-order valence-corrected chi connectivity index (χ4v) is 2.87. The summed E-state index contributed by atoms with van der Waals surface area (Å²) >= 11 is 6.12. The topological polar surface area (TPSA) is 33.0 Å². The minimum atomic E-state index is -0.716. The molecule has 21 heavy (non-hydrogen) atoms. The first-order valence-corrected chi connectivity index (χ1v) is 7.06. The monoisotopic (exact) mass is 301 g/mol. The normalized spacial score (nSPS) is 20.2. The van der Waals surface area contributed by atoms with Crippen molar-refractivity contribution >= 4 is 11.6 Å². The standard InChI is InChI=1S/C17H13ClFNO/c18-15-6-5-14(19)7-13(15)9-17(10-20)8-12-3-1-2-4-16(12)21-11-17/h1-7H,8-9,11H2. The molecular weight excluding hydrogens is 289 g/mol. The highest BCUT2D eigenvalue weighted by Gasteiger charge is 2.37. The van der Waals surface area contributed by atoms with Crippen LogP contribution in [0.1, 0.15) is 11.1 Å². The fraction of sp³-hybridized carbons (Fsp3) is 0.235. The Morgan fingerprint density at radius 3 is 2.90 bits per heavy atom. The summed E-state index contributed by atoms with van der Waals surface area (Å²) in [5.74, 6) is 0.466. The van der Waals surface area contributed by atoms with Crippen LogP contribution in [-0.2, 0) is 12.8 Å². The van der Waals surface area contributed by atoms with Gasteiger partial charge in [-0.1, -0.05) is 29.8 Å². The largest absolute Gasteiger partial charge is 0.492 e. The Kier molecular flexibility index (Phi) is 3.57. The number of hydrogen-bond donors (Lipinski definition) is 0. The zero-order valence-electron chi connectivity index (χ0n) is 11.3. The van der Waals surface area contributed by atoms with E-state index < -0.39 is 5.41 Å². The number of nitrogens with zero attached hydrogens (tertiary/aromatic N) is 1. The lowest BCUT2D eigenvalue weighted by Gasteiger charge is -2.32. The van der Waals surface area contributed by atoms with Crippen LogP contribution in [0.3, 0.4) is 0 Å². The number of nitriles is 1. The summed E-state index contributed by atoms with van der Waals surface area (Å²) in [6, 6.07) is 14.3. The van der Waals surface area contributed by atoms with Gasteiger partial charge in [0.05, 0.1) is 11.5 Å². The minimum Gasteiger partial charge on any atom is -0.492 e. The fourth-order valence-electron chi connectivity index (χ4n) is 2.69. The molecule has 1 aliphatic rings. The summed E-state index contributed by atoms with van der Waals surface area (Å²) in [6.07, 6.45) is 0.945. The second-order valence-electron chi connectivity index (χ2n) is 5.38. The second-order valence-corrected chi connectivity index (χ2v) is 5.79. The molecular formula is C17H13ClFNO. The molecule has 2 nitrogen and oxygen atoms in total. The molecule has 2 aromatic carbocycles. The van der Waals surface area contributed by atoms with Gasteiger partial charge in [0.15, 0.2) is 0 Å². The van der Waals surface area contributed by atoms with Crippen LogP contribution in [0, 0.1) is 22.6 Å². The van der Waals surface area contributed by atoms with Crippen molar-refractivity contribution in [3.63, 3.8) is 0 Å². The van der Waals surface area contributed by atoms with Crippen molar-refractivity contribution in [1.29, 1.82) is 5.26 Å². The maximum atomic E-state index is 13.4. The average molecular weight is 302 g/mol. The molecule has 0 bridgehead atoms. The Labute approximate surface area is 127 Å². The van der Waals surface area contributed by atoms with E-state index in [4.69, 9.17) is 16.3 Å². The summed E-state index contributed by atoms with van der Waals surface area (Å²) in [4.78, 5) is 0. The summed E-state index contributed by atoms with van der Waals surface area (Å²) in [6.45, 7) is 0.285. The Morgan fingerprint density at radius 2 is 2.10 bits per heavy atom. The number of fused-ring (bicyclic) bond motifs is 1. The van der Waals surface area contributed by atoms with Gasteiger partial charge in [-0.05, 0) is 48.2 Å². The smallest absolute Gasteiger partial charge is 0.123 e. The molecule has 106 valence electrons. The lowest BCUT2D eigenvalue weighted by molar-refractivity contribution is 0.169. The van der Waals surface area contributed by atoms with Crippen LogP contribution < -0.4 is 4.74 Å². The maximum Gasteiger partial charge on any atom is 0.123 e. The Balaban J connectivity index is 1.93. The molecule has 0 aliphatic carbocycles. The van der Waals surface area contributed by atoms with Crippen molar-refractivity contribution in [1.82, 2.24) is 0 Å². The van der Waals surface area contributed by atoms with E-state index in [0.29, 0.717) is 23.4 Å². The molecule has 0 aromatic heterocycles. The summed E-state index contributed by atoms with van der Waals surface area (Å²) in [5.41, 5.74) is 0.922. The number of rotatable bonds is 2. The molecule has 1 atom stereocenters. The van der Waals surface area contributed by atoms with Crippen LogP contribution >= 0.6 is 11.6 Å². The molecule has 0 saturated heterocycles. The van der Waals surface area contributed by atoms with Crippen molar-refractivity contribution in [3.8, 4) is 11.8 Å². The summed E-state index contributed by atoms with van der Waals surface area (Å²) in [5, 5.41) is 10.1. The molecule has 0 saturated carbocycles. The van der Waals surface area contributed by atoms with Crippen molar-refractivity contribution < 1.29 is 9.13 Å². The van der Waals surface area contributed by atoms with Gasteiger partial charge in [0, 0.05) is 5.02 Å². The lowest BCUT2D eigenvalue weighted by Crippen LogP contribution is -2.35. The summed E-state index contributed by atoms with van der Waals surface area (Å²) in [7, 11) is 0. The van der Waals surface area contributed by atoms with Crippen molar-refractivity contribution in [2.75, 3.05) is 6.61 Å². The molecule has 4 heteroatoms. The van der Waals surface area contributed by atoms with Gasteiger partial charge >= 0.3 is 0 Å². The third-order valence-corrected chi connectivity index (χ3v) is 4.15. The van der Waals surface area contributed by atoms with E-state index in [2.05, 4.69) is 6.07 Å². The van der Waals surface area contributed by atoms with E-state index in [-0.39, 0.29) is 12.4 Å². The predicted molar refractivity (Wildman–Crippen MR) is 78.8 cm³/mol. The van der Waals surface area contributed by atoms with Crippen LogP contribution in [0.25, 0.3) is 0 Å². The van der Waals surface area contributed by atoms with Crippen LogP contribution in [-0.4, -0.2) is 6.61 Å². The van der Waals surface area contributed by atoms with Gasteiger partial charge < -0.3 is 4.74 Å². The van der Waals surface area contributed by atoms with Crippen LogP contribution in [0.2, 0.25) is 5.02 Å². The van der Waals surface area contributed by atoms with Crippen LogP contribution in [0.4, 0.5) is 4.39 Å². The van der Waals surface area contributed by atoms with Crippen LogP contribution in [0.15, 0.2) is 42.5 Å². The predicted octanol–water partition coefficient (Wildman–Crippen LogP) is 4.17. The van der Waals surface area contributed by atoms with Gasteiger partial charge in [-0.15, -0.1) is 0 Å². The molecule has 0 spiro atoms. The van der Waals surface area contributed by atoms with Gasteiger partial charge in [-0.3, -0.25) is 0 Å². The molecule has 0 N–H and O–H groups in total. The van der Waals surface area contributed by atoms with Gasteiger partial charge in [-0.25, -0.2) is 4.39 Å². The zero-order chi connectivity index (χ0) is 14.9. The number of ether oxygens (including phenoxy) is 1.